The van der Waals surface area contributed by atoms with Crippen LogP contribution in [-0.2, 0) is 0 Å². The lowest BCUT2D eigenvalue weighted by molar-refractivity contribution is -0.517. The molecule has 1 aliphatic rings. The first-order valence-corrected chi connectivity index (χ1v) is 2.95. The van der Waals surface area contributed by atoms with E-state index in [1.807, 2.05) is 0 Å². The van der Waals surface area contributed by atoms with Crippen LogP contribution in [0.25, 0.3) is 0 Å². The third-order valence-corrected chi connectivity index (χ3v) is 1.32. The van der Waals surface area contributed by atoms with Gasteiger partial charge in [-0.15, -0.1) is 0 Å². The Labute approximate surface area is 50.1 Å². The van der Waals surface area contributed by atoms with Crippen molar-refractivity contribution in [2.45, 2.75) is 20.3 Å². The van der Waals surface area contributed by atoms with E-state index < -0.39 is 0 Å². The van der Waals surface area contributed by atoms with Crippen molar-refractivity contribution < 1.29 is 5.32 Å². The van der Waals surface area contributed by atoms with Crippen LogP contribution in [0.15, 0.2) is 23.5 Å². The summed E-state index contributed by atoms with van der Waals surface area (Å²) in [6.45, 7) is 4.32. The van der Waals surface area contributed by atoms with Gasteiger partial charge in [0.2, 0.25) is 0 Å². The maximum Gasteiger partial charge on any atom is 0.0963 e. The summed E-state index contributed by atoms with van der Waals surface area (Å²) < 4.78 is 0. The SMILES string of the molecule is CC1=C[NH2+]C=C(C)C1. The van der Waals surface area contributed by atoms with E-state index in [1.165, 1.54) is 11.1 Å². The fourth-order valence-corrected chi connectivity index (χ4v) is 0.934. The first kappa shape index (κ1) is 5.57. The zero-order valence-electron chi connectivity index (χ0n) is 5.44. The van der Waals surface area contributed by atoms with E-state index >= 15 is 0 Å². The van der Waals surface area contributed by atoms with Gasteiger partial charge in [0, 0.05) is 0 Å². The lowest BCUT2D eigenvalue weighted by Gasteiger charge is -2.02. The van der Waals surface area contributed by atoms with Crippen molar-refractivity contribution in [3.63, 3.8) is 0 Å². The maximum atomic E-state index is 2.16. The lowest BCUT2D eigenvalue weighted by atomic mass is 10.1. The molecule has 0 aromatic carbocycles. The predicted molar refractivity (Wildman–Crippen MR) is 34.1 cm³/mol. The summed E-state index contributed by atoms with van der Waals surface area (Å²) in [4.78, 5) is 0. The van der Waals surface area contributed by atoms with Crippen molar-refractivity contribution in [3.05, 3.63) is 23.5 Å². The Kier molecular flexibility index (Phi) is 1.49. The highest BCUT2D eigenvalue weighted by molar-refractivity contribution is 5.10. The summed E-state index contributed by atoms with van der Waals surface area (Å²) in [5.74, 6) is 0. The fourth-order valence-electron chi connectivity index (χ4n) is 0.934. The molecule has 0 amide bonds. The molecule has 0 aliphatic carbocycles. The Morgan fingerprint density at radius 1 is 1.25 bits per heavy atom. The number of hydrogen-bond acceptors (Lipinski definition) is 0. The second-order valence-corrected chi connectivity index (χ2v) is 2.40. The zero-order valence-corrected chi connectivity index (χ0v) is 5.44. The number of quaternary nitrogens is 1. The fraction of sp³-hybridized carbons (Fsp3) is 0.429. The smallest absolute Gasteiger partial charge is 0.0963 e. The molecule has 8 heavy (non-hydrogen) atoms. The Morgan fingerprint density at radius 3 is 2.00 bits per heavy atom. The first-order valence-electron chi connectivity index (χ1n) is 2.95. The highest BCUT2D eigenvalue weighted by Gasteiger charge is 1.99. The molecular formula is C7H12N+. The van der Waals surface area contributed by atoms with Crippen LogP contribution in [0.1, 0.15) is 20.3 Å². The standard InChI is InChI=1S/C7H11N/c1-6-3-7(2)5-8-4-6/h4-5,8H,3H2,1-2H3/p+1. The van der Waals surface area contributed by atoms with Crippen molar-refractivity contribution in [2.75, 3.05) is 0 Å². The normalized spacial score (nSPS) is 19.8. The minimum Gasteiger partial charge on any atom is -0.294 e. The topological polar surface area (TPSA) is 16.6 Å². The summed E-state index contributed by atoms with van der Waals surface area (Å²) in [5, 5.41) is 2.11. The average Bonchev–Trinajstić information content (AvgIpc) is 1.64. The largest absolute Gasteiger partial charge is 0.294 e. The van der Waals surface area contributed by atoms with Crippen LogP contribution in [0, 0.1) is 0 Å². The van der Waals surface area contributed by atoms with Gasteiger partial charge in [-0.25, -0.2) is 0 Å². The molecule has 1 nitrogen and oxygen atoms in total. The molecule has 0 fully saturated rings. The lowest BCUT2D eigenvalue weighted by Crippen LogP contribution is -2.72. The van der Waals surface area contributed by atoms with Gasteiger partial charge in [0.1, 0.15) is 0 Å². The number of allylic oxidation sites excluding steroid dienone is 2. The molecule has 0 aromatic heterocycles. The number of rotatable bonds is 0. The van der Waals surface area contributed by atoms with Gasteiger partial charge in [-0.3, -0.25) is 5.32 Å². The molecular weight excluding hydrogens is 98.1 g/mol. The van der Waals surface area contributed by atoms with Crippen LogP contribution in [-0.4, -0.2) is 0 Å². The first-order chi connectivity index (χ1) is 3.79. The van der Waals surface area contributed by atoms with Gasteiger partial charge in [-0.2, -0.15) is 0 Å². The molecule has 0 aromatic rings. The average molecular weight is 110 g/mol. The molecule has 1 heteroatoms. The van der Waals surface area contributed by atoms with Crippen molar-refractivity contribution in [2.24, 2.45) is 0 Å². The van der Waals surface area contributed by atoms with Crippen LogP contribution in [0.5, 0.6) is 0 Å². The number of hydrogen-bond donors (Lipinski definition) is 1. The molecule has 0 spiro atoms. The third kappa shape index (κ3) is 1.20. The highest BCUT2D eigenvalue weighted by Crippen LogP contribution is 2.07. The van der Waals surface area contributed by atoms with Crippen LogP contribution >= 0.6 is 0 Å². The Bertz CT molecular complexity index is 126. The minimum atomic E-state index is 1.16. The van der Waals surface area contributed by atoms with Crippen molar-refractivity contribution in [3.8, 4) is 0 Å². The van der Waals surface area contributed by atoms with Gasteiger partial charge >= 0.3 is 0 Å². The molecule has 0 atom stereocenters. The molecule has 1 heterocycles. The van der Waals surface area contributed by atoms with E-state index in [-0.39, 0.29) is 0 Å². The summed E-state index contributed by atoms with van der Waals surface area (Å²) >= 11 is 0. The Hall–Kier alpha value is -0.560. The quantitative estimate of drug-likeness (QED) is 0.474. The van der Waals surface area contributed by atoms with Crippen LogP contribution in [0.4, 0.5) is 0 Å². The molecule has 1 aliphatic heterocycles. The third-order valence-electron chi connectivity index (χ3n) is 1.32. The molecule has 44 valence electrons. The van der Waals surface area contributed by atoms with E-state index in [0.29, 0.717) is 0 Å². The summed E-state index contributed by atoms with van der Waals surface area (Å²) in [6.07, 6.45) is 5.48. The van der Waals surface area contributed by atoms with Gasteiger partial charge in [0.05, 0.1) is 12.4 Å². The second-order valence-electron chi connectivity index (χ2n) is 2.40. The van der Waals surface area contributed by atoms with E-state index in [1.54, 1.807) is 0 Å². The monoisotopic (exact) mass is 110 g/mol. The molecule has 0 saturated heterocycles. The van der Waals surface area contributed by atoms with Gasteiger partial charge in [0.25, 0.3) is 0 Å². The second kappa shape index (κ2) is 2.14. The van der Waals surface area contributed by atoms with E-state index in [9.17, 15) is 0 Å². The van der Waals surface area contributed by atoms with Crippen LogP contribution in [0.2, 0.25) is 0 Å². The van der Waals surface area contributed by atoms with Gasteiger partial charge in [-0.05, 0) is 31.4 Å². The van der Waals surface area contributed by atoms with Gasteiger partial charge in [-0.1, -0.05) is 0 Å². The molecule has 0 saturated carbocycles. The Morgan fingerprint density at radius 2 is 1.75 bits per heavy atom. The number of nitrogens with two attached hydrogens (primary N) is 1. The minimum absolute atomic E-state index is 1.16. The van der Waals surface area contributed by atoms with E-state index in [4.69, 9.17) is 0 Å². The molecule has 0 unspecified atom stereocenters. The van der Waals surface area contributed by atoms with Gasteiger partial charge in [0.15, 0.2) is 0 Å². The molecule has 0 bridgehead atoms. The summed E-state index contributed by atoms with van der Waals surface area (Å²) in [5.41, 5.74) is 2.93. The molecule has 1 rings (SSSR count). The predicted octanol–water partition coefficient (Wildman–Crippen LogP) is 0.761. The zero-order chi connectivity index (χ0) is 5.98. The van der Waals surface area contributed by atoms with Crippen molar-refractivity contribution in [1.82, 2.24) is 0 Å². The van der Waals surface area contributed by atoms with Crippen molar-refractivity contribution >= 4 is 0 Å². The van der Waals surface area contributed by atoms with E-state index in [0.717, 1.165) is 6.42 Å². The molecule has 2 N–H and O–H groups in total. The van der Waals surface area contributed by atoms with Crippen LogP contribution in [0.3, 0.4) is 0 Å². The summed E-state index contributed by atoms with van der Waals surface area (Å²) in [7, 11) is 0. The molecule has 0 radical (unpaired) electrons. The Balaban J connectivity index is 2.57. The van der Waals surface area contributed by atoms with Gasteiger partial charge < -0.3 is 0 Å². The van der Waals surface area contributed by atoms with Crippen LogP contribution < -0.4 is 5.32 Å². The van der Waals surface area contributed by atoms with E-state index in [2.05, 4.69) is 31.6 Å². The maximum absolute atomic E-state index is 2.16. The highest BCUT2D eigenvalue weighted by atomic mass is 14.8. The van der Waals surface area contributed by atoms with Crippen molar-refractivity contribution in [1.29, 1.82) is 0 Å². The summed E-state index contributed by atoms with van der Waals surface area (Å²) in [6, 6.07) is 0.